The van der Waals surface area contributed by atoms with Gasteiger partial charge in [0.05, 0.1) is 10.9 Å². The second-order valence-electron chi connectivity index (χ2n) is 5.68. The molecule has 3 nitrogen and oxygen atoms in total. The van der Waals surface area contributed by atoms with Crippen LogP contribution in [0, 0.1) is 11.3 Å². The number of thiophene rings is 2. The summed E-state index contributed by atoms with van der Waals surface area (Å²) in [4.78, 5) is 13.2. The number of fused-ring (bicyclic) bond motifs is 1. The third-order valence-electron chi connectivity index (χ3n) is 4.14. The summed E-state index contributed by atoms with van der Waals surface area (Å²) in [5.74, 6) is -0.0921. The second-order valence-corrected chi connectivity index (χ2v) is 7.71. The summed E-state index contributed by atoms with van der Waals surface area (Å²) >= 11 is 3.16. The number of nitrogens with one attached hydrogen (secondary N) is 1. The fourth-order valence-corrected chi connectivity index (χ4v) is 4.93. The molecule has 2 aromatic rings. The third-order valence-corrected chi connectivity index (χ3v) is 6.23. The van der Waals surface area contributed by atoms with Gasteiger partial charge in [-0.1, -0.05) is 32.1 Å². The van der Waals surface area contributed by atoms with Crippen molar-refractivity contribution in [2.75, 3.05) is 0 Å². The first-order chi connectivity index (χ1) is 10.2. The molecule has 0 saturated heterocycles. The van der Waals surface area contributed by atoms with Crippen molar-refractivity contribution >= 4 is 38.0 Å². The van der Waals surface area contributed by atoms with Crippen molar-refractivity contribution in [2.24, 2.45) is 0 Å². The largest absolute Gasteiger partial charge is 0.333 e. The molecule has 0 aliphatic heterocycles. The van der Waals surface area contributed by atoms with Crippen LogP contribution in [0.15, 0.2) is 17.5 Å². The van der Waals surface area contributed by atoms with E-state index in [4.69, 9.17) is 0 Å². The summed E-state index contributed by atoms with van der Waals surface area (Å²) < 4.78 is 2.29. The molecule has 0 aromatic carbocycles. The third kappa shape index (κ3) is 3.12. The Morgan fingerprint density at radius 1 is 1.19 bits per heavy atom. The fraction of sp³-hybridized carbons (Fsp3) is 0.500. The van der Waals surface area contributed by atoms with Gasteiger partial charge in [0.1, 0.15) is 5.54 Å². The molecule has 0 bridgehead atoms. The number of hydrogen-bond acceptors (Lipinski definition) is 4. The Morgan fingerprint density at radius 2 is 1.90 bits per heavy atom. The highest BCUT2D eigenvalue weighted by Gasteiger charge is 2.32. The van der Waals surface area contributed by atoms with Gasteiger partial charge in [-0.25, -0.2) is 0 Å². The first kappa shape index (κ1) is 14.6. The zero-order valence-electron chi connectivity index (χ0n) is 11.9. The van der Waals surface area contributed by atoms with Gasteiger partial charge in [-0.2, -0.15) is 5.26 Å². The van der Waals surface area contributed by atoms with Crippen molar-refractivity contribution < 1.29 is 4.79 Å². The molecule has 110 valence electrons. The molecule has 0 unspecified atom stereocenters. The average Bonchev–Trinajstić information content (AvgIpc) is 3.03. The van der Waals surface area contributed by atoms with E-state index in [1.165, 1.54) is 17.8 Å². The topological polar surface area (TPSA) is 52.9 Å². The first-order valence-corrected chi connectivity index (χ1v) is 9.13. The van der Waals surface area contributed by atoms with Crippen LogP contribution < -0.4 is 5.32 Å². The van der Waals surface area contributed by atoms with E-state index >= 15 is 0 Å². The van der Waals surface area contributed by atoms with Gasteiger partial charge in [-0.15, -0.1) is 22.7 Å². The molecule has 5 heteroatoms. The normalized spacial score (nSPS) is 18.6. The molecule has 1 fully saturated rings. The lowest BCUT2D eigenvalue weighted by atomic mass is 9.85. The molecule has 1 N–H and O–H groups in total. The van der Waals surface area contributed by atoms with Crippen molar-refractivity contribution in [1.82, 2.24) is 5.32 Å². The zero-order chi connectivity index (χ0) is 14.7. The number of hydrogen-bond donors (Lipinski definition) is 1. The van der Waals surface area contributed by atoms with Crippen molar-refractivity contribution in [3.63, 3.8) is 0 Å². The predicted octanol–water partition coefficient (Wildman–Crippen LogP) is 4.70. The summed E-state index contributed by atoms with van der Waals surface area (Å²) in [6, 6.07) is 6.37. The van der Waals surface area contributed by atoms with Crippen LogP contribution in [0.4, 0.5) is 0 Å². The van der Waals surface area contributed by atoms with Gasteiger partial charge in [-0.05, 0) is 30.4 Å². The molecule has 0 atom stereocenters. The summed E-state index contributed by atoms with van der Waals surface area (Å²) in [6.07, 6.45) is 7.16. The van der Waals surface area contributed by atoms with Crippen molar-refractivity contribution in [3.8, 4) is 6.07 Å². The van der Waals surface area contributed by atoms with E-state index in [9.17, 15) is 10.1 Å². The van der Waals surface area contributed by atoms with Crippen LogP contribution in [0.2, 0.25) is 0 Å². The Kier molecular flexibility index (Phi) is 4.27. The van der Waals surface area contributed by atoms with Crippen molar-refractivity contribution in [2.45, 2.75) is 50.5 Å². The Morgan fingerprint density at radius 3 is 2.57 bits per heavy atom. The quantitative estimate of drug-likeness (QED) is 0.872. The molecule has 1 aliphatic carbocycles. The lowest BCUT2D eigenvalue weighted by Gasteiger charge is -2.29. The molecular weight excluding hydrogens is 300 g/mol. The van der Waals surface area contributed by atoms with Gasteiger partial charge >= 0.3 is 0 Å². The SMILES string of the molecule is N#CC1(NC(=O)c2cc3sccc3s2)CCCCCCC1. The molecule has 2 aromatic heterocycles. The van der Waals surface area contributed by atoms with Crippen LogP contribution in [-0.2, 0) is 0 Å². The van der Waals surface area contributed by atoms with Crippen molar-refractivity contribution in [3.05, 3.63) is 22.4 Å². The van der Waals surface area contributed by atoms with E-state index in [1.54, 1.807) is 11.3 Å². The van der Waals surface area contributed by atoms with E-state index in [1.807, 2.05) is 17.5 Å². The Labute approximate surface area is 132 Å². The second kappa shape index (κ2) is 6.17. The van der Waals surface area contributed by atoms with E-state index in [-0.39, 0.29) is 5.91 Å². The van der Waals surface area contributed by atoms with E-state index in [0.29, 0.717) is 4.88 Å². The summed E-state index contributed by atoms with van der Waals surface area (Å²) in [7, 11) is 0. The van der Waals surface area contributed by atoms with Gasteiger partial charge in [-0.3, -0.25) is 4.79 Å². The highest BCUT2D eigenvalue weighted by atomic mass is 32.1. The van der Waals surface area contributed by atoms with Gasteiger partial charge in [0.25, 0.3) is 5.91 Å². The van der Waals surface area contributed by atoms with Crippen molar-refractivity contribution in [1.29, 1.82) is 5.26 Å². The van der Waals surface area contributed by atoms with Crippen LogP contribution in [0.25, 0.3) is 9.40 Å². The average molecular weight is 318 g/mol. The molecule has 3 rings (SSSR count). The Bertz CT molecular complexity index is 643. The molecule has 0 spiro atoms. The van der Waals surface area contributed by atoms with E-state index in [2.05, 4.69) is 11.4 Å². The maximum Gasteiger partial charge on any atom is 0.262 e. The maximum absolute atomic E-state index is 12.5. The number of nitriles is 1. The highest BCUT2D eigenvalue weighted by Crippen LogP contribution is 2.31. The molecule has 1 aliphatic rings. The summed E-state index contributed by atoms with van der Waals surface area (Å²) in [5, 5.41) is 14.7. The van der Waals surface area contributed by atoms with Gasteiger partial charge in [0.2, 0.25) is 0 Å². The smallest absolute Gasteiger partial charge is 0.262 e. The number of amides is 1. The molecule has 21 heavy (non-hydrogen) atoms. The van der Waals surface area contributed by atoms with Crippen LogP contribution in [0.5, 0.6) is 0 Å². The standard InChI is InChI=1S/C16H18N2OS2/c17-11-16(7-4-2-1-3-5-8-16)18-15(19)14-10-13-12(21-14)6-9-20-13/h6,9-10H,1-5,7-8H2,(H,18,19). The monoisotopic (exact) mass is 318 g/mol. The van der Waals surface area contributed by atoms with E-state index < -0.39 is 5.54 Å². The molecule has 0 radical (unpaired) electrons. The first-order valence-electron chi connectivity index (χ1n) is 7.43. The number of carbonyl (C=O) groups is 1. The summed E-state index contributed by atoms with van der Waals surface area (Å²) in [6.45, 7) is 0. The zero-order valence-corrected chi connectivity index (χ0v) is 13.5. The molecular formula is C16H18N2OS2. The van der Waals surface area contributed by atoms with Crippen LogP contribution >= 0.6 is 22.7 Å². The van der Waals surface area contributed by atoms with Crippen LogP contribution in [-0.4, -0.2) is 11.4 Å². The molecule has 1 amide bonds. The minimum absolute atomic E-state index is 0.0921. The minimum Gasteiger partial charge on any atom is -0.333 e. The van der Waals surface area contributed by atoms with E-state index in [0.717, 1.165) is 47.9 Å². The molecule has 1 saturated carbocycles. The van der Waals surface area contributed by atoms with Gasteiger partial charge in [0.15, 0.2) is 0 Å². The van der Waals surface area contributed by atoms with Gasteiger partial charge < -0.3 is 5.32 Å². The van der Waals surface area contributed by atoms with Crippen LogP contribution in [0.1, 0.15) is 54.6 Å². The maximum atomic E-state index is 12.5. The molecule has 2 heterocycles. The van der Waals surface area contributed by atoms with Crippen LogP contribution in [0.3, 0.4) is 0 Å². The number of nitrogens with zero attached hydrogens (tertiary/aromatic N) is 1. The highest BCUT2D eigenvalue weighted by molar-refractivity contribution is 7.27. The Balaban J connectivity index is 1.77. The Hall–Kier alpha value is -1.38. The predicted molar refractivity (Wildman–Crippen MR) is 87.8 cm³/mol. The minimum atomic E-state index is -0.672. The lowest BCUT2D eigenvalue weighted by Crippen LogP contribution is -2.47. The number of rotatable bonds is 2. The van der Waals surface area contributed by atoms with Gasteiger partial charge in [0, 0.05) is 9.40 Å². The number of carbonyl (C=O) groups excluding carboxylic acids is 1. The lowest BCUT2D eigenvalue weighted by molar-refractivity contribution is 0.0912. The fourth-order valence-electron chi connectivity index (χ4n) is 2.93. The summed E-state index contributed by atoms with van der Waals surface area (Å²) in [5.41, 5.74) is -0.672.